The summed E-state index contributed by atoms with van der Waals surface area (Å²) in [5.41, 5.74) is 0.718. The highest BCUT2D eigenvalue weighted by Gasteiger charge is 2.23. The minimum atomic E-state index is -0.624. The molecule has 0 bridgehead atoms. The molecule has 5 heteroatoms. The molecule has 1 atom stereocenters. The van der Waals surface area contributed by atoms with E-state index in [0.717, 1.165) is 25.5 Å². The zero-order chi connectivity index (χ0) is 13.6. The molecule has 0 amide bonds. The van der Waals surface area contributed by atoms with Gasteiger partial charge < -0.3 is 4.57 Å². The van der Waals surface area contributed by atoms with Gasteiger partial charge in [0.05, 0.1) is 10.9 Å². The SMILES string of the molecule is CC(Cl)c1nc2c(F)cc(F)cc2n1CC1CCC1. The summed E-state index contributed by atoms with van der Waals surface area (Å²) in [4.78, 5) is 4.25. The van der Waals surface area contributed by atoms with E-state index in [-0.39, 0.29) is 10.9 Å². The van der Waals surface area contributed by atoms with Crippen LogP contribution in [0.3, 0.4) is 0 Å². The number of fused-ring (bicyclic) bond motifs is 1. The Labute approximate surface area is 115 Å². The van der Waals surface area contributed by atoms with Crippen LogP contribution in [0, 0.1) is 17.6 Å². The Balaban J connectivity index is 2.16. The van der Waals surface area contributed by atoms with Crippen LogP contribution in [0.25, 0.3) is 11.0 Å². The van der Waals surface area contributed by atoms with Crippen molar-refractivity contribution in [2.24, 2.45) is 5.92 Å². The number of hydrogen-bond acceptors (Lipinski definition) is 1. The largest absolute Gasteiger partial charge is 0.326 e. The lowest BCUT2D eigenvalue weighted by Gasteiger charge is -2.27. The van der Waals surface area contributed by atoms with E-state index in [1.807, 2.05) is 4.57 Å². The smallest absolute Gasteiger partial charge is 0.153 e. The summed E-state index contributed by atoms with van der Waals surface area (Å²) in [5, 5.41) is -0.324. The molecule has 0 saturated heterocycles. The van der Waals surface area contributed by atoms with Crippen LogP contribution in [0.4, 0.5) is 8.78 Å². The van der Waals surface area contributed by atoms with Gasteiger partial charge in [-0.1, -0.05) is 6.42 Å². The summed E-state index contributed by atoms with van der Waals surface area (Å²) in [6.45, 7) is 2.54. The highest BCUT2D eigenvalue weighted by atomic mass is 35.5. The molecule has 1 unspecified atom stereocenters. The number of hydrogen-bond donors (Lipinski definition) is 0. The van der Waals surface area contributed by atoms with Crippen molar-refractivity contribution >= 4 is 22.6 Å². The minimum Gasteiger partial charge on any atom is -0.326 e. The van der Waals surface area contributed by atoms with Crippen molar-refractivity contribution in [2.45, 2.75) is 38.1 Å². The van der Waals surface area contributed by atoms with E-state index < -0.39 is 11.6 Å². The third kappa shape index (κ3) is 2.22. The highest BCUT2D eigenvalue weighted by Crippen LogP contribution is 2.33. The molecular formula is C14H15ClF2N2. The van der Waals surface area contributed by atoms with E-state index in [0.29, 0.717) is 17.3 Å². The third-order valence-electron chi connectivity index (χ3n) is 3.82. The maximum absolute atomic E-state index is 13.8. The third-order valence-corrected chi connectivity index (χ3v) is 4.02. The molecule has 1 aromatic carbocycles. The molecular weight excluding hydrogens is 270 g/mol. The van der Waals surface area contributed by atoms with Crippen LogP contribution in [-0.2, 0) is 6.54 Å². The molecule has 0 radical (unpaired) electrons. The van der Waals surface area contributed by atoms with Gasteiger partial charge in [0.1, 0.15) is 17.2 Å². The molecule has 19 heavy (non-hydrogen) atoms. The lowest BCUT2D eigenvalue weighted by Crippen LogP contribution is -2.19. The monoisotopic (exact) mass is 284 g/mol. The molecule has 102 valence electrons. The first-order valence-corrected chi connectivity index (χ1v) is 6.99. The van der Waals surface area contributed by atoms with Crippen LogP contribution in [0.1, 0.15) is 37.4 Å². The van der Waals surface area contributed by atoms with Crippen LogP contribution in [0.2, 0.25) is 0 Å². The highest BCUT2D eigenvalue weighted by molar-refractivity contribution is 6.20. The molecule has 1 aliphatic carbocycles. The molecule has 0 aliphatic heterocycles. The summed E-state index contributed by atoms with van der Waals surface area (Å²) < 4.78 is 29.1. The van der Waals surface area contributed by atoms with Crippen LogP contribution in [0.15, 0.2) is 12.1 Å². The van der Waals surface area contributed by atoms with Gasteiger partial charge in [0.15, 0.2) is 5.82 Å². The second-order valence-electron chi connectivity index (χ2n) is 5.25. The van der Waals surface area contributed by atoms with Crippen molar-refractivity contribution in [2.75, 3.05) is 0 Å². The van der Waals surface area contributed by atoms with Crippen molar-refractivity contribution < 1.29 is 8.78 Å². The maximum atomic E-state index is 13.8. The number of imidazole rings is 1. The molecule has 2 aromatic rings. The van der Waals surface area contributed by atoms with Crippen molar-refractivity contribution in [3.63, 3.8) is 0 Å². The molecule has 1 saturated carbocycles. The van der Waals surface area contributed by atoms with Gasteiger partial charge in [-0.25, -0.2) is 13.8 Å². The average molecular weight is 285 g/mol. The minimum absolute atomic E-state index is 0.211. The van der Waals surface area contributed by atoms with Gasteiger partial charge in [-0.2, -0.15) is 0 Å². The second-order valence-corrected chi connectivity index (χ2v) is 5.90. The molecule has 1 aliphatic rings. The van der Waals surface area contributed by atoms with E-state index in [9.17, 15) is 8.78 Å². The van der Waals surface area contributed by atoms with Gasteiger partial charge in [0, 0.05) is 12.6 Å². The lowest BCUT2D eigenvalue weighted by atomic mass is 9.85. The van der Waals surface area contributed by atoms with E-state index in [2.05, 4.69) is 4.98 Å². The summed E-state index contributed by atoms with van der Waals surface area (Å²) in [6, 6.07) is 2.21. The quantitative estimate of drug-likeness (QED) is 0.763. The molecule has 2 nitrogen and oxygen atoms in total. The fourth-order valence-electron chi connectivity index (χ4n) is 2.60. The summed E-state index contributed by atoms with van der Waals surface area (Å²) >= 11 is 6.12. The first-order chi connectivity index (χ1) is 9.06. The topological polar surface area (TPSA) is 17.8 Å². The molecule has 1 heterocycles. The number of benzene rings is 1. The molecule has 3 rings (SSSR count). The van der Waals surface area contributed by atoms with Crippen LogP contribution >= 0.6 is 11.6 Å². The number of alkyl halides is 1. The van der Waals surface area contributed by atoms with Gasteiger partial charge >= 0.3 is 0 Å². The Morgan fingerprint density at radius 1 is 1.42 bits per heavy atom. The first kappa shape index (κ1) is 12.9. The average Bonchev–Trinajstić information content (AvgIpc) is 2.62. The fraction of sp³-hybridized carbons (Fsp3) is 0.500. The fourth-order valence-corrected chi connectivity index (χ4v) is 2.76. The van der Waals surface area contributed by atoms with Crippen LogP contribution < -0.4 is 0 Å². The van der Waals surface area contributed by atoms with E-state index >= 15 is 0 Å². The van der Waals surface area contributed by atoms with Gasteiger partial charge in [0.25, 0.3) is 0 Å². The first-order valence-electron chi connectivity index (χ1n) is 6.55. The van der Waals surface area contributed by atoms with Crippen molar-refractivity contribution in [3.05, 3.63) is 29.6 Å². The van der Waals surface area contributed by atoms with Gasteiger partial charge in [-0.15, -0.1) is 11.6 Å². The Morgan fingerprint density at radius 3 is 2.74 bits per heavy atom. The summed E-state index contributed by atoms with van der Waals surface area (Å²) in [6.07, 6.45) is 3.55. The van der Waals surface area contributed by atoms with Gasteiger partial charge in [0.2, 0.25) is 0 Å². The maximum Gasteiger partial charge on any atom is 0.153 e. The van der Waals surface area contributed by atoms with Crippen molar-refractivity contribution in [1.82, 2.24) is 9.55 Å². The van der Waals surface area contributed by atoms with E-state index in [1.54, 1.807) is 6.92 Å². The standard InChI is InChI=1S/C14H15ClF2N2/c1-8(15)14-18-13-11(17)5-10(16)6-12(13)19(14)7-9-3-2-4-9/h5-6,8-9H,2-4,7H2,1H3. The summed E-state index contributed by atoms with van der Waals surface area (Å²) in [7, 11) is 0. The zero-order valence-corrected chi connectivity index (χ0v) is 11.4. The summed E-state index contributed by atoms with van der Waals surface area (Å²) in [5.74, 6) is -0.0135. The normalized spacial score (nSPS) is 17.7. The molecule has 1 fully saturated rings. The van der Waals surface area contributed by atoms with Crippen LogP contribution in [0.5, 0.6) is 0 Å². The van der Waals surface area contributed by atoms with Crippen LogP contribution in [-0.4, -0.2) is 9.55 Å². The zero-order valence-electron chi connectivity index (χ0n) is 10.7. The van der Waals surface area contributed by atoms with Gasteiger partial charge in [-0.3, -0.25) is 0 Å². The number of halogens is 3. The predicted octanol–water partition coefficient (Wildman–Crippen LogP) is 4.41. The number of aromatic nitrogens is 2. The van der Waals surface area contributed by atoms with Crippen molar-refractivity contribution in [3.8, 4) is 0 Å². The Bertz CT molecular complexity index is 617. The second kappa shape index (κ2) is 4.75. The Morgan fingerprint density at radius 2 is 2.16 bits per heavy atom. The Hall–Kier alpha value is -1.16. The van der Waals surface area contributed by atoms with Crippen molar-refractivity contribution in [1.29, 1.82) is 0 Å². The Kier molecular flexibility index (Phi) is 3.21. The van der Waals surface area contributed by atoms with Gasteiger partial charge in [-0.05, 0) is 31.7 Å². The number of rotatable bonds is 3. The lowest BCUT2D eigenvalue weighted by molar-refractivity contribution is 0.276. The van der Waals surface area contributed by atoms with E-state index in [1.165, 1.54) is 12.5 Å². The molecule has 1 aromatic heterocycles. The molecule has 0 N–H and O–H groups in total. The number of nitrogens with zero attached hydrogens (tertiary/aromatic N) is 2. The van der Waals surface area contributed by atoms with E-state index in [4.69, 9.17) is 11.6 Å². The molecule has 0 spiro atoms. The predicted molar refractivity (Wildman–Crippen MR) is 71.3 cm³/mol.